The number of ether oxygens (including phenoxy) is 2. The lowest BCUT2D eigenvalue weighted by Gasteiger charge is -2.35. The Kier molecular flexibility index (Phi) is 8.48. The number of hydrogen-bond donors (Lipinski definition) is 0. The summed E-state index contributed by atoms with van der Waals surface area (Å²) >= 11 is 6.83. The van der Waals surface area contributed by atoms with Crippen LogP contribution in [0.1, 0.15) is 42.0 Å². The van der Waals surface area contributed by atoms with E-state index in [1.807, 2.05) is 18.2 Å². The number of pyridine rings is 1. The van der Waals surface area contributed by atoms with Gasteiger partial charge in [-0.25, -0.2) is 0 Å². The molecule has 2 aliphatic rings. The van der Waals surface area contributed by atoms with E-state index in [-0.39, 0.29) is 17.0 Å². The molecule has 1 aromatic carbocycles. The van der Waals surface area contributed by atoms with Gasteiger partial charge in [0.15, 0.2) is 11.5 Å². The van der Waals surface area contributed by atoms with Crippen LogP contribution in [0.3, 0.4) is 0 Å². The highest BCUT2D eigenvalue weighted by molar-refractivity contribution is 8.26. The molecule has 10 heteroatoms. The van der Waals surface area contributed by atoms with Gasteiger partial charge in [-0.1, -0.05) is 37.0 Å². The van der Waals surface area contributed by atoms with E-state index >= 15 is 0 Å². The Labute approximate surface area is 232 Å². The molecule has 1 unspecified atom stereocenters. The van der Waals surface area contributed by atoms with Crippen LogP contribution in [0.4, 0.5) is 5.82 Å². The number of thioether (sulfide) groups is 1. The van der Waals surface area contributed by atoms with Gasteiger partial charge >= 0.3 is 0 Å². The number of hydrogen-bond acceptors (Lipinski definition) is 8. The minimum atomic E-state index is -0.321. The molecule has 1 amide bonds. The van der Waals surface area contributed by atoms with Crippen LogP contribution in [-0.2, 0) is 18.3 Å². The largest absolute Gasteiger partial charge is 0.493 e. The van der Waals surface area contributed by atoms with E-state index in [2.05, 4.69) is 17.9 Å². The highest BCUT2D eigenvalue weighted by Gasteiger charge is 2.33. The summed E-state index contributed by atoms with van der Waals surface area (Å²) in [7, 11) is 4.88. The molecule has 3 heterocycles. The number of benzene rings is 1. The van der Waals surface area contributed by atoms with Crippen LogP contribution >= 0.6 is 24.0 Å². The molecule has 38 heavy (non-hydrogen) atoms. The molecule has 0 radical (unpaired) electrons. The average Bonchev–Trinajstić information content (AvgIpc) is 3.17. The van der Waals surface area contributed by atoms with E-state index in [0.717, 1.165) is 42.9 Å². The van der Waals surface area contributed by atoms with E-state index in [1.165, 1.54) is 11.8 Å². The molecule has 1 atom stereocenters. The molecule has 0 bridgehead atoms. The third-order valence-electron chi connectivity index (χ3n) is 7.15. The van der Waals surface area contributed by atoms with Crippen LogP contribution in [0.5, 0.6) is 11.5 Å². The second-order valence-electron chi connectivity index (χ2n) is 9.68. The molecule has 2 saturated heterocycles. The maximum Gasteiger partial charge on any atom is 0.270 e. The number of nitriles is 1. The van der Waals surface area contributed by atoms with Crippen molar-refractivity contribution in [2.24, 2.45) is 13.0 Å². The second-order valence-corrected chi connectivity index (χ2v) is 11.4. The SMILES string of the molecule is COc1ccc(CCN2C(=O)/C(=C/c3c(C)c(C#N)c(=O)n(C)c3N3CCCC(C)C3)SC2=S)cc1OC. The van der Waals surface area contributed by atoms with E-state index in [4.69, 9.17) is 21.7 Å². The fraction of sp³-hybridized carbons (Fsp3) is 0.429. The Morgan fingerprint density at radius 2 is 1.97 bits per heavy atom. The number of thiocarbonyl (C=S) groups is 1. The molecule has 0 spiro atoms. The van der Waals surface area contributed by atoms with Gasteiger partial charge in [-0.2, -0.15) is 5.26 Å². The summed E-state index contributed by atoms with van der Waals surface area (Å²) in [5, 5.41) is 9.72. The smallest absolute Gasteiger partial charge is 0.270 e. The zero-order valence-electron chi connectivity index (χ0n) is 22.4. The zero-order valence-corrected chi connectivity index (χ0v) is 24.0. The van der Waals surface area contributed by atoms with Gasteiger partial charge in [0.25, 0.3) is 11.5 Å². The molecule has 2 fully saturated rings. The Bertz CT molecular complexity index is 1410. The molecule has 4 rings (SSSR count). The molecule has 0 saturated carbocycles. The first-order valence-corrected chi connectivity index (χ1v) is 13.8. The molecule has 2 aromatic rings. The zero-order chi connectivity index (χ0) is 27.6. The molecule has 2 aliphatic heterocycles. The molecule has 0 aliphatic carbocycles. The third kappa shape index (κ3) is 5.31. The quantitative estimate of drug-likeness (QED) is 0.372. The minimum absolute atomic E-state index is 0.0940. The van der Waals surface area contributed by atoms with Crippen LogP contribution in [0.2, 0.25) is 0 Å². The van der Waals surface area contributed by atoms with Crippen LogP contribution in [0.25, 0.3) is 6.08 Å². The predicted octanol–water partition coefficient (Wildman–Crippen LogP) is 4.26. The van der Waals surface area contributed by atoms with Crippen molar-refractivity contribution in [1.82, 2.24) is 9.47 Å². The number of piperidine rings is 1. The fourth-order valence-electron chi connectivity index (χ4n) is 5.08. The lowest BCUT2D eigenvalue weighted by molar-refractivity contribution is -0.122. The summed E-state index contributed by atoms with van der Waals surface area (Å²) in [6, 6.07) is 7.75. The van der Waals surface area contributed by atoms with Crippen LogP contribution in [0.15, 0.2) is 27.9 Å². The number of amides is 1. The van der Waals surface area contributed by atoms with Crippen molar-refractivity contribution in [3.05, 3.63) is 55.7 Å². The molecular formula is C28H32N4O4S2. The van der Waals surface area contributed by atoms with Gasteiger partial charge in [-0.3, -0.25) is 19.1 Å². The molecule has 200 valence electrons. The Hall–Kier alpha value is -3.29. The van der Waals surface area contributed by atoms with Crippen molar-refractivity contribution < 1.29 is 14.3 Å². The Morgan fingerprint density at radius 3 is 2.63 bits per heavy atom. The van der Waals surface area contributed by atoms with Crippen molar-refractivity contribution in [1.29, 1.82) is 5.26 Å². The summed E-state index contributed by atoms with van der Waals surface area (Å²) in [6.07, 6.45) is 4.55. The van der Waals surface area contributed by atoms with E-state index in [0.29, 0.717) is 45.2 Å². The van der Waals surface area contributed by atoms with E-state index in [9.17, 15) is 14.9 Å². The maximum absolute atomic E-state index is 13.5. The van der Waals surface area contributed by atoms with Gasteiger partial charge in [-0.05, 0) is 61.4 Å². The average molecular weight is 553 g/mol. The minimum Gasteiger partial charge on any atom is -0.493 e. The normalized spacial score (nSPS) is 18.7. The van der Waals surface area contributed by atoms with Crippen molar-refractivity contribution in [2.45, 2.75) is 33.1 Å². The predicted molar refractivity (Wildman–Crippen MR) is 155 cm³/mol. The second kappa shape index (κ2) is 11.6. The van der Waals surface area contributed by atoms with E-state index < -0.39 is 0 Å². The summed E-state index contributed by atoms with van der Waals surface area (Å²) in [5.41, 5.74) is 2.07. The number of methoxy groups -OCH3 is 2. The molecule has 0 N–H and O–H groups in total. The number of aromatic nitrogens is 1. The van der Waals surface area contributed by atoms with Crippen molar-refractivity contribution in [2.75, 3.05) is 38.8 Å². The first-order valence-electron chi connectivity index (χ1n) is 12.5. The first-order chi connectivity index (χ1) is 18.2. The summed E-state index contributed by atoms with van der Waals surface area (Å²) < 4.78 is 12.7. The number of carbonyl (C=O) groups excluding carboxylic acids is 1. The lowest BCUT2D eigenvalue weighted by Crippen LogP contribution is -2.39. The van der Waals surface area contributed by atoms with Crippen LogP contribution in [0, 0.1) is 24.2 Å². The Morgan fingerprint density at radius 1 is 1.24 bits per heavy atom. The number of nitrogens with zero attached hydrogens (tertiary/aromatic N) is 4. The fourth-order valence-corrected chi connectivity index (χ4v) is 6.37. The van der Waals surface area contributed by atoms with E-state index in [1.54, 1.807) is 43.7 Å². The van der Waals surface area contributed by atoms with Gasteiger partial charge in [0.2, 0.25) is 0 Å². The van der Waals surface area contributed by atoms with Gasteiger partial charge in [0.05, 0.1) is 19.1 Å². The number of carbonyl (C=O) groups is 1. The molecule has 1 aromatic heterocycles. The molecule has 8 nitrogen and oxygen atoms in total. The summed E-state index contributed by atoms with van der Waals surface area (Å²) in [4.78, 5) is 30.8. The molecular weight excluding hydrogens is 520 g/mol. The third-order valence-corrected chi connectivity index (χ3v) is 8.52. The van der Waals surface area contributed by atoms with Crippen molar-refractivity contribution >= 4 is 46.1 Å². The van der Waals surface area contributed by atoms with Crippen molar-refractivity contribution in [3.63, 3.8) is 0 Å². The van der Waals surface area contributed by atoms with Gasteiger partial charge < -0.3 is 14.4 Å². The maximum atomic E-state index is 13.5. The topological polar surface area (TPSA) is 87.8 Å². The standard InChI is InChI=1S/C28H32N4O4S2/c1-17-7-6-11-31(16-17)25-20(18(2)21(15-29)26(33)30(25)3)14-24-27(34)32(28(37)38-24)12-10-19-8-9-22(35-4)23(13-19)36-5/h8-9,13-14,17H,6-7,10-12,16H2,1-5H3/b24-14-. The first kappa shape index (κ1) is 27.7. The lowest BCUT2D eigenvalue weighted by atomic mass is 9.98. The van der Waals surface area contributed by atoms with Crippen LogP contribution < -0.4 is 19.9 Å². The van der Waals surface area contributed by atoms with Gasteiger partial charge in [0, 0.05) is 32.2 Å². The monoisotopic (exact) mass is 552 g/mol. The van der Waals surface area contributed by atoms with Gasteiger partial charge in [0.1, 0.15) is 21.8 Å². The van der Waals surface area contributed by atoms with Crippen molar-refractivity contribution in [3.8, 4) is 17.6 Å². The number of anilines is 1. The highest BCUT2D eigenvalue weighted by Crippen LogP contribution is 2.37. The summed E-state index contributed by atoms with van der Waals surface area (Å²) in [5.74, 6) is 2.33. The Balaban J connectivity index is 1.66. The van der Waals surface area contributed by atoms with Crippen LogP contribution in [-0.4, -0.2) is 53.5 Å². The summed E-state index contributed by atoms with van der Waals surface area (Å²) in [6.45, 7) is 6.02. The highest BCUT2D eigenvalue weighted by atomic mass is 32.2. The van der Waals surface area contributed by atoms with Gasteiger partial charge in [-0.15, -0.1) is 0 Å². The number of rotatable bonds is 7.